The van der Waals surface area contributed by atoms with Gasteiger partial charge in [0.05, 0.1) is 5.39 Å². The molecule has 0 radical (unpaired) electrons. The largest absolute Gasteiger partial charge is 0.486 e. The van der Waals surface area contributed by atoms with E-state index in [0.29, 0.717) is 35.8 Å². The molecule has 0 aliphatic carbocycles. The number of ether oxygens (including phenoxy) is 4. The summed E-state index contributed by atoms with van der Waals surface area (Å²) in [6.45, 7) is 3.01. The zero-order chi connectivity index (χ0) is 24.2. The molecule has 0 unspecified atom stereocenters. The van der Waals surface area contributed by atoms with Gasteiger partial charge in [0.25, 0.3) is 0 Å². The Morgan fingerprint density at radius 3 is 2.66 bits per heavy atom. The van der Waals surface area contributed by atoms with Crippen LogP contribution in [-0.4, -0.2) is 19.2 Å². The molecule has 0 spiro atoms. The number of carbonyl (C=O) groups is 1. The minimum atomic E-state index is -0.572. The van der Waals surface area contributed by atoms with Crippen molar-refractivity contribution in [3.05, 3.63) is 94.4 Å². The van der Waals surface area contributed by atoms with E-state index in [1.54, 1.807) is 30.3 Å². The molecular formula is C28H22O7. The lowest BCUT2D eigenvalue weighted by Crippen LogP contribution is -2.15. The van der Waals surface area contributed by atoms with Gasteiger partial charge in [0.1, 0.15) is 36.6 Å². The normalized spacial score (nSPS) is 12.6. The van der Waals surface area contributed by atoms with E-state index in [9.17, 15) is 9.59 Å². The van der Waals surface area contributed by atoms with E-state index in [4.69, 9.17) is 23.4 Å². The molecule has 1 aromatic heterocycles. The van der Waals surface area contributed by atoms with Crippen molar-refractivity contribution in [2.45, 2.75) is 13.3 Å². The molecule has 4 aromatic rings. The first kappa shape index (κ1) is 22.3. The molecule has 2 heterocycles. The van der Waals surface area contributed by atoms with Crippen LogP contribution in [0.1, 0.15) is 18.1 Å². The van der Waals surface area contributed by atoms with Gasteiger partial charge >= 0.3 is 5.97 Å². The Morgan fingerprint density at radius 2 is 1.80 bits per heavy atom. The molecule has 0 bridgehead atoms. The third-order valence-electron chi connectivity index (χ3n) is 5.48. The molecule has 3 aromatic carbocycles. The van der Waals surface area contributed by atoms with Crippen molar-refractivity contribution in [2.24, 2.45) is 0 Å². The Morgan fingerprint density at radius 1 is 0.971 bits per heavy atom. The molecule has 0 saturated heterocycles. The summed E-state index contributed by atoms with van der Waals surface area (Å²) >= 11 is 0. The third-order valence-corrected chi connectivity index (χ3v) is 5.48. The lowest BCUT2D eigenvalue weighted by Gasteiger charge is -2.18. The minimum absolute atomic E-state index is 0.0884. The van der Waals surface area contributed by atoms with E-state index < -0.39 is 5.97 Å². The second kappa shape index (κ2) is 9.77. The molecule has 0 atom stereocenters. The highest BCUT2D eigenvalue weighted by Crippen LogP contribution is 2.31. The van der Waals surface area contributed by atoms with Crippen molar-refractivity contribution in [1.29, 1.82) is 0 Å². The lowest BCUT2D eigenvalue weighted by atomic mass is 10.1. The monoisotopic (exact) mass is 470 g/mol. The molecule has 1 aliphatic rings. The van der Waals surface area contributed by atoms with Gasteiger partial charge in [-0.1, -0.05) is 31.2 Å². The molecule has 7 heteroatoms. The topological polar surface area (TPSA) is 84.2 Å². The summed E-state index contributed by atoms with van der Waals surface area (Å²) in [7, 11) is 0. The summed E-state index contributed by atoms with van der Waals surface area (Å²) in [6.07, 6.45) is 4.98. The van der Waals surface area contributed by atoms with Crippen LogP contribution in [-0.2, 0) is 11.2 Å². The van der Waals surface area contributed by atoms with Gasteiger partial charge in [0, 0.05) is 12.1 Å². The SMILES string of the molecule is CCc1ccccc1Oc1coc2cc(OC(=O)/C=C/c3ccc4c(c3)OCCO4)ccc2c1=O. The van der Waals surface area contributed by atoms with Crippen molar-refractivity contribution in [1.82, 2.24) is 0 Å². The van der Waals surface area contributed by atoms with Crippen LogP contribution in [0.3, 0.4) is 0 Å². The molecule has 5 rings (SSSR count). The van der Waals surface area contributed by atoms with Crippen molar-refractivity contribution >= 4 is 23.0 Å². The van der Waals surface area contributed by atoms with Gasteiger partial charge in [-0.15, -0.1) is 0 Å². The maximum absolute atomic E-state index is 12.9. The zero-order valence-electron chi connectivity index (χ0n) is 19.0. The van der Waals surface area contributed by atoms with E-state index in [-0.39, 0.29) is 22.5 Å². The molecule has 0 saturated carbocycles. The number of carbonyl (C=O) groups excluding carboxylic acids is 1. The first-order valence-electron chi connectivity index (χ1n) is 11.2. The van der Waals surface area contributed by atoms with Crippen LogP contribution < -0.4 is 24.4 Å². The third kappa shape index (κ3) is 4.89. The predicted molar refractivity (Wildman–Crippen MR) is 130 cm³/mol. The van der Waals surface area contributed by atoms with Crippen molar-refractivity contribution in [3.63, 3.8) is 0 Å². The second-order valence-corrected chi connectivity index (χ2v) is 7.81. The lowest BCUT2D eigenvalue weighted by molar-refractivity contribution is -0.128. The van der Waals surface area contributed by atoms with Crippen LogP contribution in [0.2, 0.25) is 0 Å². The van der Waals surface area contributed by atoms with Crippen LogP contribution in [0.5, 0.6) is 28.7 Å². The quantitative estimate of drug-likeness (QED) is 0.208. The average Bonchev–Trinajstić information content (AvgIpc) is 2.89. The number of rotatable bonds is 6. The van der Waals surface area contributed by atoms with Gasteiger partial charge in [0.2, 0.25) is 11.2 Å². The van der Waals surface area contributed by atoms with Gasteiger partial charge in [-0.05, 0) is 54.0 Å². The summed E-state index contributed by atoms with van der Waals surface area (Å²) in [6, 6.07) is 17.5. The highest BCUT2D eigenvalue weighted by molar-refractivity contribution is 5.89. The number of hydrogen-bond donors (Lipinski definition) is 0. The standard InChI is InChI=1S/C28H22O7/c1-2-19-5-3-4-6-22(19)35-26-17-33-24-16-20(9-10-21(24)28(26)30)34-27(29)12-8-18-7-11-23-25(15-18)32-14-13-31-23/h3-12,15-17H,2,13-14H2,1H3/b12-8+. The zero-order valence-corrected chi connectivity index (χ0v) is 19.0. The molecule has 7 nitrogen and oxygen atoms in total. The molecule has 176 valence electrons. The van der Waals surface area contributed by atoms with Crippen molar-refractivity contribution < 1.29 is 28.2 Å². The Kier molecular flexibility index (Phi) is 6.22. The first-order chi connectivity index (χ1) is 17.1. The average molecular weight is 470 g/mol. The van der Waals surface area contributed by atoms with Gasteiger partial charge < -0.3 is 23.4 Å². The van der Waals surface area contributed by atoms with Crippen LogP contribution in [0.15, 0.2) is 82.2 Å². The van der Waals surface area contributed by atoms with Gasteiger partial charge in [-0.2, -0.15) is 0 Å². The first-order valence-corrected chi connectivity index (χ1v) is 11.2. The Hall–Kier alpha value is -4.52. The smallest absolute Gasteiger partial charge is 0.336 e. The summed E-state index contributed by atoms with van der Waals surface area (Å²) in [5, 5.41) is 0.322. The van der Waals surface area contributed by atoms with Gasteiger partial charge in [-0.25, -0.2) is 4.79 Å². The Labute approximate surface area is 201 Å². The summed E-state index contributed by atoms with van der Waals surface area (Å²) < 4.78 is 27.9. The fourth-order valence-corrected chi connectivity index (χ4v) is 3.72. The maximum Gasteiger partial charge on any atom is 0.336 e. The van der Waals surface area contributed by atoms with E-state index in [0.717, 1.165) is 17.5 Å². The van der Waals surface area contributed by atoms with Crippen LogP contribution >= 0.6 is 0 Å². The van der Waals surface area contributed by atoms with Crippen LogP contribution in [0, 0.1) is 0 Å². The van der Waals surface area contributed by atoms with Gasteiger partial charge in [0.15, 0.2) is 11.5 Å². The maximum atomic E-state index is 12.9. The molecule has 0 N–H and O–H groups in total. The molecule has 0 fully saturated rings. The fourth-order valence-electron chi connectivity index (χ4n) is 3.72. The Balaban J connectivity index is 1.30. The van der Waals surface area contributed by atoms with Crippen molar-refractivity contribution in [2.75, 3.05) is 13.2 Å². The number of hydrogen-bond acceptors (Lipinski definition) is 7. The molecule has 35 heavy (non-hydrogen) atoms. The highest BCUT2D eigenvalue weighted by Gasteiger charge is 2.13. The number of aryl methyl sites for hydroxylation is 1. The van der Waals surface area contributed by atoms with E-state index >= 15 is 0 Å². The van der Waals surface area contributed by atoms with E-state index in [1.165, 1.54) is 18.4 Å². The summed E-state index contributed by atoms with van der Waals surface area (Å²) in [4.78, 5) is 25.2. The number of para-hydroxylation sites is 1. The summed E-state index contributed by atoms with van der Waals surface area (Å²) in [5.74, 6) is 1.69. The second-order valence-electron chi connectivity index (χ2n) is 7.81. The Bertz CT molecular complexity index is 1480. The van der Waals surface area contributed by atoms with Gasteiger partial charge in [-0.3, -0.25) is 4.79 Å². The summed E-state index contributed by atoms with van der Waals surface area (Å²) in [5.41, 5.74) is 1.73. The highest BCUT2D eigenvalue weighted by atomic mass is 16.6. The van der Waals surface area contributed by atoms with Crippen molar-refractivity contribution in [3.8, 4) is 28.7 Å². The molecule has 1 aliphatic heterocycles. The molecular weight excluding hydrogens is 448 g/mol. The number of benzene rings is 3. The fraction of sp³-hybridized carbons (Fsp3) is 0.143. The van der Waals surface area contributed by atoms with Crippen LogP contribution in [0.25, 0.3) is 17.0 Å². The molecule has 0 amide bonds. The predicted octanol–water partition coefficient (Wildman–Crippen LogP) is 5.54. The number of esters is 1. The number of fused-ring (bicyclic) bond motifs is 2. The van der Waals surface area contributed by atoms with E-state index in [1.807, 2.05) is 37.3 Å². The van der Waals surface area contributed by atoms with E-state index in [2.05, 4.69) is 0 Å². The minimum Gasteiger partial charge on any atom is -0.486 e. The van der Waals surface area contributed by atoms with Crippen LogP contribution in [0.4, 0.5) is 0 Å².